The van der Waals surface area contributed by atoms with E-state index in [0.717, 1.165) is 82.2 Å². The first-order chi connectivity index (χ1) is 15.5. The molecule has 0 radical (unpaired) electrons. The molecule has 0 aromatic heterocycles. The molecule has 0 heterocycles. The number of aldehydes is 1. The molecule has 0 aromatic rings. The number of carbonyl (C=O) groups is 4. The molecule has 8 nitrogen and oxygen atoms in total. The largest absolute Gasteiger partial charge is 0.338 e. The molecule has 0 aliphatic carbocycles. The Kier molecular flexibility index (Phi) is 20.2. The lowest BCUT2D eigenvalue weighted by atomic mass is 10.1. The molecule has 184 valence electrons. The highest BCUT2D eigenvalue weighted by molar-refractivity contribution is 5.79. The van der Waals surface area contributed by atoms with Crippen molar-refractivity contribution in [1.82, 2.24) is 15.7 Å². The number of allylic oxidation sites excluding steroid dienone is 2. The molecule has 0 aliphatic rings. The summed E-state index contributed by atoms with van der Waals surface area (Å²) in [6, 6.07) is -0.0694. The lowest BCUT2D eigenvalue weighted by Crippen LogP contribution is -2.36. The van der Waals surface area contributed by atoms with E-state index < -0.39 is 5.97 Å². The summed E-state index contributed by atoms with van der Waals surface area (Å²) in [7, 11) is 1.39. The third kappa shape index (κ3) is 19.6. The van der Waals surface area contributed by atoms with Crippen molar-refractivity contribution in [1.29, 1.82) is 0 Å². The standard InChI is InChI=1S/C24H43N3O5/c1-3-4-14-19-25-24(31)26-20-15-12-10-8-6-5-7-9-11-13-18-23(30)32-27(2)22(29)17-16-21-28/h6,8,21H,3-5,7,9-20H2,1-2H3,(H2,25,26,31)/b8-6-. The molecule has 0 unspecified atom stereocenters. The van der Waals surface area contributed by atoms with E-state index in [4.69, 9.17) is 4.84 Å². The maximum absolute atomic E-state index is 11.7. The third-order valence-electron chi connectivity index (χ3n) is 4.88. The number of amides is 3. The fourth-order valence-electron chi connectivity index (χ4n) is 2.94. The van der Waals surface area contributed by atoms with Gasteiger partial charge >= 0.3 is 12.0 Å². The summed E-state index contributed by atoms with van der Waals surface area (Å²) in [6.07, 6.45) is 16.7. The Labute approximate surface area is 193 Å². The molecule has 3 amide bonds. The van der Waals surface area contributed by atoms with Gasteiger partial charge in [-0.1, -0.05) is 44.8 Å². The normalized spacial score (nSPS) is 10.7. The number of carbonyl (C=O) groups excluding carboxylic acids is 4. The SMILES string of the molecule is CCCCCNC(=O)NCCCC/C=C\CCCCCCC(=O)ON(C)C(=O)CCC=O. The lowest BCUT2D eigenvalue weighted by molar-refractivity contribution is -0.192. The van der Waals surface area contributed by atoms with Crippen molar-refractivity contribution in [3.63, 3.8) is 0 Å². The fraction of sp³-hybridized carbons (Fsp3) is 0.750. The van der Waals surface area contributed by atoms with Crippen LogP contribution in [0.3, 0.4) is 0 Å². The number of rotatable bonds is 19. The molecule has 0 bridgehead atoms. The summed E-state index contributed by atoms with van der Waals surface area (Å²) >= 11 is 0. The number of hydrogen-bond donors (Lipinski definition) is 2. The quantitative estimate of drug-likeness (QED) is 0.130. The van der Waals surface area contributed by atoms with Crippen LogP contribution in [0.25, 0.3) is 0 Å². The minimum Gasteiger partial charge on any atom is -0.338 e. The van der Waals surface area contributed by atoms with Crippen LogP contribution in [0.5, 0.6) is 0 Å². The van der Waals surface area contributed by atoms with Gasteiger partial charge in [0.05, 0.1) is 0 Å². The van der Waals surface area contributed by atoms with Crippen LogP contribution < -0.4 is 10.6 Å². The van der Waals surface area contributed by atoms with Gasteiger partial charge < -0.3 is 20.3 Å². The van der Waals surface area contributed by atoms with Crippen molar-refractivity contribution >= 4 is 24.2 Å². The van der Waals surface area contributed by atoms with E-state index in [2.05, 4.69) is 29.7 Å². The van der Waals surface area contributed by atoms with E-state index in [1.165, 1.54) is 7.05 Å². The molecular weight excluding hydrogens is 410 g/mol. The van der Waals surface area contributed by atoms with Gasteiger partial charge in [0.1, 0.15) is 6.29 Å². The number of urea groups is 1. The summed E-state index contributed by atoms with van der Waals surface area (Å²) in [4.78, 5) is 50.0. The highest BCUT2D eigenvalue weighted by Gasteiger charge is 2.13. The Morgan fingerprint density at radius 1 is 0.781 bits per heavy atom. The zero-order valence-electron chi connectivity index (χ0n) is 20.0. The first kappa shape index (κ1) is 29.6. The summed E-state index contributed by atoms with van der Waals surface area (Å²) in [5.41, 5.74) is 0. The maximum Gasteiger partial charge on any atom is 0.332 e. The average Bonchev–Trinajstić information content (AvgIpc) is 2.78. The Balaban J connectivity index is 3.47. The second-order valence-electron chi connectivity index (χ2n) is 7.87. The van der Waals surface area contributed by atoms with Gasteiger partial charge in [-0.05, 0) is 44.9 Å². The molecule has 0 aromatic carbocycles. The van der Waals surface area contributed by atoms with Crippen LogP contribution in [-0.4, -0.2) is 49.4 Å². The minimum absolute atomic E-state index is 0.0496. The molecule has 0 spiro atoms. The molecule has 0 aliphatic heterocycles. The van der Waals surface area contributed by atoms with Gasteiger partial charge in [0.2, 0.25) is 0 Å². The van der Waals surface area contributed by atoms with Crippen molar-refractivity contribution in [2.24, 2.45) is 0 Å². The van der Waals surface area contributed by atoms with Crippen molar-refractivity contribution < 1.29 is 24.0 Å². The average molecular weight is 454 g/mol. The second kappa shape index (κ2) is 21.8. The van der Waals surface area contributed by atoms with E-state index >= 15 is 0 Å². The lowest BCUT2D eigenvalue weighted by Gasteiger charge is -2.15. The molecule has 0 atom stereocenters. The van der Waals surface area contributed by atoms with Crippen LogP contribution in [0.1, 0.15) is 96.8 Å². The number of nitrogens with one attached hydrogen (secondary N) is 2. The fourth-order valence-corrected chi connectivity index (χ4v) is 2.94. The second-order valence-corrected chi connectivity index (χ2v) is 7.87. The predicted molar refractivity (Wildman–Crippen MR) is 126 cm³/mol. The van der Waals surface area contributed by atoms with Gasteiger partial charge in [-0.25, -0.2) is 9.59 Å². The van der Waals surface area contributed by atoms with Crippen LogP contribution >= 0.6 is 0 Å². The molecule has 0 saturated carbocycles. The van der Waals surface area contributed by atoms with E-state index in [1.807, 2.05) is 0 Å². The Morgan fingerprint density at radius 3 is 2.00 bits per heavy atom. The monoisotopic (exact) mass is 453 g/mol. The number of hydroxylamine groups is 2. The zero-order valence-corrected chi connectivity index (χ0v) is 20.0. The summed E-state index contributed by atoms with van der Waals surface area (Å²) in [5, 5.41) is 6.66. The molecular formula is C24H43N3O5. The maximum atomic E-state index is 11.7. The van der Waals surface area contributed by atoms with Crippen LogP contribution in [0.2, 0.25) is 0 Å². The Hall–Kier alpha value is -2.38. The predicted octanol–water partition coefficient (Wildman–Crippen LogP) is 4.44. The topological polar surface area (TPSA) is 105 Å². The van der Waals surface area contributed by atoms with Crippen LogP contribution in [0.4, 0.5) is 4.79 Å². The van der Waals surface area contributed by atoms with E-state index in [-0.39, 0.29) is 31.2 Å². The van der Waals surface area contributed by atoms with Crippen molar-refractivity contribution in [2.75, 3.05) is 20.1 Å². The molecule has 0 saturated heterocycles. The Bertz CT molecular complexity index is 552. The number of hydrogen-bond acceptors (Lipinski definition) is 5. The van der Waals surface area contributed by atoms with Crippen LogP contribution in [0.15, 0.2) is 12.2 Å². The van der Waals surface area contributed by atoms with Gasteiger partial charge in [-0.15, -0.1) is 0 Å². The zero-order chi connectivity index (χ0) is 23.9. The number of unbranched alkanes of at least 4 members (excludes halogenated alkanes) is 8. The number of nitrogens with zero attached hydrogens (tertiary/aromatic N) is 1. The van der Waals surface area contributed by atoms with Crippen LogP contribution in [0, 0.1) is 0 Å². The van der Waals surface area contributed by atoms with Gasteiger partial charge in [-0.3, -0.25) is 4.79 Å². The van der Waals surface area contributed by atoms with E-state index in [1.54, 1.807) is 0 Å². The summed E-state index contributed by atoms with van der Waals surface area (Å²) in [5.74, 6) is -0.799. The first-order valence-corrected chi connectivity index (χ1v) is 12.1. The van der Waals surface area contributed by atoms with E-state index in [9.17, 15) is 19.2 Å². The highest BCUT2D eigenvalue weighted by Crippen LogP contribution is 2.08. The smallest absolute Gasteiger partial charge is 0.332 e. The highest BCUT2D eigenvalue weighted by atomic mass is 16.7. The van der Waals surface area contributed by atoms with E-state index in [0.29, 0.717) is 12.8 Å². The summed E-state index contributed by atoms with van der Waals surface area (Å²) in [6.45, 7) is 3.59. The molecule has 0 rings (SSSR count). The van der Waals surface area contributed by atoms with Crippen molar-refractivity contribution in [2.45, 2.75) is 96.8 Å². The van der Waals surface area contributed by atoms with Crippen molar-refractivity contribution in [3.05, 3.63) is 12.2 Å². The third-order valence-corrected chi connectivity index (χ3v) is 4.88. The van der Waals surface area contributed by atoms with Gasteiger partial charge in [-0.2, -0.15) is 5.06 Å². The minimum atomic E-state index is -0.421. The molecule has 0 fully saturated rings. The van der Waals surface area contributed by atoms with Crippen LogP contribution in [-0.2, 0) is 19.2 Å². The Morgan fingerprint density at radius 2 is 1.38 bits per heavy atom. The summed E-state index contributed by atoms with van der Waals surface area (Å²) < 4.78 is 0. The molecule has 2 N–H and O–H groups in total. The van der Waals surface area contributed by atoms with Gasteiger partial charge in [0.15, 0.2) is 0 Å². The van der Waals surface area contributed by atoms with Crippen molar-refractivity contribution in [3.8, 4) is 0 Å². The molecule has 8 heteroatoms. The van der Waals surface area contributed by atoms with Gasteiger partial charge in [0, 0.05) is 39.4 Å². The van der Waals surface area contributed by atoms with Gasteiger partial charge in [0.25, 0.3) is 5.91 Å². The molecule has 32 heavy (non-hydrogen) atoms. The first-order valence-electron chi connectivity index (χ1n) is 12.1.